The molecule has 0 N–H and O–H groups in total. The first-order valence-electron chi connectivity index (χ1n) is 4.61. The van der Waals surface area contributed by atoms with Crippen molar-refractivity contribution in [3.63, 3.8) is 0 Å². The monoisotopic (exact) mass is 247 g/mol. The SMILES string of the molecule is O=[P+](Oc1ccccc1)c1ccccc1.[AlH3]. The largest absolute Gasteiger partial charge is 0.597 e. The summed E-state index contributed by atoms with van der Waals surface area (Å²) in [5, 5.41) is 0.705. The van der Waals surface area contributed by atoms with E-state index in [4.69, 9.17) is 4.52 Å². The second-order valence-corrected chi connectivity index (χ2v) is 4.21. The van der Waals surface area contributed by atoms with Gasteiger partial charge in [0.2, 0.25) is 5.30 Å². The fraction of sp³-hybridized carbons (Fsp3) is 0. The van der Waals surface area contributed by atoms with Crippen LogP contribution >= 0.6 is 8.03 Å². The van der Waals surface area contributed by atoms with E-state index in [1.807, 2.05) is 36.4 Å². The van der Waals surface area contributed by atoms with Crippen LogP contribution in [0.4, 0.5) is 0 Å². The van der Waals surface area contributed by atoms with Gasteiger partial charge in [0.1, 0.15) is 0 Å². The van der Waals surface area contributed by atoms with Crippen LogP contribution in [0.5, 0.6) is 5.75 Å². The standard InChI is InChI=1S/C12H10O2P.Al.3H/c13-15(12-9-5-2-6-10-12)14-11-7-3-1-4-8-11;;;;/h1-10H;;;;/q+1;;;;. The lowest BCUT2D eigenvalue weighted by Gasteiger charge is -1.91. The first-order valence-corrected chi connectivity index (χ1v) is 5.79. The molecule has 0 aromatic heterocycles. The molecule has 0 aliphatic carbocycles. The van der Waals surface area contributed by atoms with Gasteiger partial charge in [0.15, 0.2) is 23.1 Å². The molecular weight excluding hydrogens is 234 g/mol. The van der Waals surface area contributed by atoms with E-state index in [0.29, 0.717) is 11.1 Å². The Morgan fingerprint density at radius 1 is 0.812 bits per heavy atom. The molecule has 0 radical (unpaired) electrons. The highest BCUT2D eigenvalue weighted by molar-refractivity contribution is 7.48. The number of rotatable bonds is 3. The number of benzene rings is 2. The summed E-state index contributed by atoms with van der Waals surface area (Å²) in [6.07, 6.45) is 0. The van der Waals surface area contributed by atoms with Gasteiger partial charge in [-0.05, 0) is 28.8 Å². The van der Waals surface area contributed by atoms with Crippen molar-refractivity contribution < 1.29 is 9.09 Å². The topological polar surface area (TPSA) is 26.3 Å². The van der Waals surface area contributed by atoms with Crippen LogP contribution in [0.1, 0.15) is 0 Å². The van der Waals surface area contributed by atoms with Crippen molar-refractivity contribution in [2.75, 3.05) is 0 Å². The van der Waals surface area contributed by atoms with Crippen molar-refractivity contribution in [1.82, 2.24) is 0 Å². The minimum absolute atomic E-state index is 0. The van der Waals surface area contributed by atoms with Gasteiger partial charge in [0.05, 0.1) is 0 Å². The van der Waals surface area contributed by atoms with E-state index in [0.717, 1.165) is 0 Å². The number of hydrogen-bond acceptors (Lipinski definition) is 2. The summed E-state index contributed by atoms with van der Waals surface area (Å²) >= 11 is 0. The zero-order chi connectivity index (χ0) is 10.5. The molecule has 0 heterocycles. The maximum atomic E-state index is 11.7. The molecule has 0 amide bonds. The Morgan fingerprint density at radius 3 is 1.88 bits per heavy atom. The molecule has 2 aromatic carbocycles. The summed E-state index contributed by atoms with van der Waals surface area (Å²) in [5.41, 5.74) is 0. The summed E-state index contributed by atoms with van der Waals surface area (Å²) < 4.78 is 17.0. The van der Waals surface area contributed by atoms with Gasteiger partial charge in [0.25, 0.3) is 0 Å². The quantitative estimate of drug-likeness (QED) is 0.612. The predicted molar refractivity (Wildman–Crippen MR) is 70.7 cm³/mol. The van der Waals surface area contributed by atoms with Crippen LogP contribution in [0, 0.1) is 0 Å². The molecule has 0 saturated heterocycles. The van der Waals surface area contributed by atoms with Crippen LogP contribution in [0.25, 0.3) is 0 Å². The predicted octanol–water partition coefficient (Wildman–Crippen LogP) is 1.95. The van der Waals surface area contributed by atoms with Crippen molar-refractivity contribution in [3.05, 3.63) is 60.7 Å². The molecule has 0 fully saturated rings. The van der Waals surface area contributed by atoms with Crippen LogP contribution in [-0.2, 0) is 4.57 Å². The van der Waals surface area contributed by atoms with E-state index in [1.54, 1.807) is 24.3 Å². The summed E-state index contributed by atoms with van der Waals surface area (Å²) in [4.78, 5) is 0. The second kappa shape index (κ2) is 6.45. The van der Waals surface area contributed by atoms with E-state index in [1.165, 1.54) is 0 Å². The zero-order valence-electron chi connectivity index (χ0n) is 8.04. The molecule has 2 rings (SSSR count). The lowest BCUT2D eigenvalue weighted by Crippen LogP contribution is -1.98. The van der Waals surface area contributed by atoms with Crippen molar-refractivity contribution >= 4 is 30.7 Å². The molecular formula is C12H13AlO2P+. The van der Waals surface area contributed by atoms with Gasteiger partial charge in [-0.2, -0.15) is 0 Å². The van der Waals surface area contributed by atoms with Gasteiger partial charge in [-0.1, -0.05) is 36.4 Å². The molecule has 16 heavy (non-hydrogen) atoms. The first kappa shape index (κ1) is 12.9. The molecule has 0 saturated carbocycles. The minimum Gasteiger partial charge on any atom is -0.250 e. The highest BCUT2D eigenvalue weighted by Crippen LogP contribution is 2.25. The smallest absolute Gasteiger partial charge is 0.250 e. The Morgan fingerprint density at radius 2 is 1.31 bits per heavy atom. The third kappa shape index (κ3) is 3.47. The minimum atomic E-state index is -1.80. The highest BCUT2D eigenvalue weighted by atomic mass is 31.1. The van der Waals surface area contributed by atoms with E-state index >= 15 is 0 Å². The maximum Gasteiger partial charge on any atom is 0.597 e. The molecule has 80 valence electrons. The summed E-state index contributed by atoms with van der Waals surface area (Å²) in [6.45, 7) is 0. The Labute approximate surface area is 106 Å². The Hall–Kier alpha value is -1.13. The van der Waals surface area contributed by atoms with Gasteiger partial charge < -0.3 is 0 Å². The molecule has 4 heteroatoms. The fourth-order valence-electron chi connectivity index (χ4n) is 1.18. The van der Waals surface area contributed by atoms with Crippen molar-refractivity contribution in [3.8, 4) is 5.75 Å². The third-order valence-corrected chi connectivity index (χ3v) is 2.99. The van der Waals surface area contributed by atoms with E-state index in [2.05, 4.69) is 0 Å². The molecule has 1 unspecified atom stereocenters. The fourth-order valence-corrected chi connectivity index (χ4v) is 2.01. The molecule has 2 aromatic rings. The maximum absolute atomic E-state index is 11.7. The Bertz CT molecular complexity index is 445. The molecule has 0 bridgehead atoms. The zero-order valence-corrected chi connectivity index (χ0v) is 8.93. The molecule has 0 spiro atoms. The number of para-hydroxylation sites is 1. The molecule has 0 aliphatic rings. The summed E-state index contributed by atoms with van der Waals surface area (Å²) in [7, 11) is -1.80. The van der Waals surface area contributed by atoms with Gasteiger partial charge in [0, 0.05) is 0 Å². The van der Waals surface area contributed by atoms with Crippen LogP contribution in [-0.4, -0.2) is 17.4 Å². The average molecular weight is 247 g/mol. The van der Waals surface area contributed by atoms with Gasteiger partial charge >= 0.3 is 8.03 Å². The van der Waals surface area contributed by atoms with Crippen LogP contribution < -0.4 is 9.83 Å². The Balaban J connectivity index is 0.00000128. The van der Waals surface area contributed by atoms with Gasteiger partial charge in [-0.15, -0.1) is 0 Å². The summed E-state index contributed by atoms with van der Waals surface area (Å²) in [5.74, 6) is 0.627. The normalized spacial score (nSPS) is 10.1. The summed E-state index contributed by atoms with van der Waals surface area (Å²) in [6, 6.07) is 18.3. The van der Waals surface area contributed by atoms with Crippen LogP contribution in [0.15, 0.2) is 60.7 Å². The van der Waals surface area contributed by atoms with E-state index in [-0.39, 0.29) is 17.4 Å². The second-order valence-electron chi connectivity index (χ2n) is 3.00. The van der Waals surface area contributed by atoms with Crippen molar-refractivity contribution in [1.29, 1.82) is 0 Å². The van der Waals surface area contributed by atoms with Crippen LogP contribution in [0.3, 0.4) is 0 Å². The molecule has 2 nitrogen and oxygen atoms in total. The van der Waals surface area contributed by atoms with Gasteiger partial charge in [-0.25, -0.2) is 0 Å². The first-order chi connectivity index (χ1) is 7.36. The molecule has 1 atom stereocenters. The van der Waals surface area contributed by atoms with Crippen LogP contribution in [0.2, 0.25) is 0 Å². The Kier molecular flexibility index (Phi) is 5.22. The molecule has 0 aliphatic heterocycles. The van der Waals surface area contributed by atoms with Crippen molar-refractivity contribution in [2.45, 2.75) is 0 Å². The van der Waals surface area contributed by atoms with Crippen molar-refractivity contribution in [2.24, 2.45) is 0 Å². The lowest BCUT2D eigenvalue weighted by molar-refractivity contribution is 0.514. The third-order valence-electron chi connectivity index (χ3n) is 1.90. The average Bonchev–Trinajstić information content (AvgIpc) is 2.31. The van der Waals surface area contributed by atoms with E-state index < -0.39 is 8.03 Å². The van der Waals surface area contributed by atoms with Gasteiger partial charge in [-0.3, -0.25) is 4.52 Å². The number of hydrogen-bond donors (Lipinski definition) is 0. The van der Waals surface area contributed by atoms with E-state index in [9.17, 15) is 4.57 Å². The lowest BCUT2D eigenvalue weighted by atomic mass is 10.3. The highest BCUT2D eigenvalue weighted by Gasteiger charge is 2.22.